The molecule has 1 aliphatic carbocycles. The fraction of sp³-hybridized carbons (Fsp3) is 0.938. The molecule has 4 nitrogen and oxygen atoms in total. The average molecular weight is 279 g/mol. The van der Waals surface area contributed by atoms with Gasteiger partial charge in [0.05, 0.1) is 0 Å². The van der Waals surface area contributed by atoms with Crippen molar-refractivity contribution in [1.29, 1.82) is 0 Å². The topological polar surface area (TPSA) is 49.6 Å². The van der Waals surface area contributed by atoms with Gasteiger partial charge in [-0.05, 0) is 58.0 Å². The minimum atomic E-state index is -0.166. The lowest BCUT2D eigenvalue weighted by atomic mass is 9.75. The van der Waals surface area contributed by atoms with Crippen LogP contribution in [0.25, 0.3) is 0 Å². The monoisotopic (exact) mass is 279 g/mol. The molecule has 3 aliphatic rings. The predicted octanol–water partition coefficient (Wildman–Crippen LogP) is 1.73. The maximum absolute atomic E-state index is 12.3. The van der Waals surface area contributed by atoms with E-state index in [1.54, 1.807) is 0 Å². The van der Waals surface area contributed by atoms with Crippen molar-refractivity contribution < 1.29 is 4.79 Å². The third-order valence-corrected chi connectivity index (χ3v) is 5.58. The first-order chi connectivity index (χ1) is 9.66. The highest BCUT2D eigenvalue weighted by molar-refractivity contribution is 5.77. The molecule has 0 radical (unpaired) electrons. The van der Waals surface area contributed by atoms with Crippen molar-refractivity contribution in [1.82, 2.24) is 9.80 Å². The maximum Gasteiger partial charge on any atom is 0.224 e. The molecule has 1 amide bonds. The van der Waals surface area contributed by atoms with Gasteiger partial charge in [0, 0.05) is 31.1 Å². The van der Waals surface area contributed by atoms with E-state index in [9.17, 15) is 4.79 Å². The van der Waals surface area contributed by atoms with Crippen LogP contribution < -0.4 is 5.73 Å². The second-order valence-electron chi connectivity index (χ2n) is 7.10. The zero-order valence-electron chi connectivity index (χ0n) is 12.6. The predicted molar refractivity (Wildman–Crippen MR) is 80.4 cm³/mol. The van der Waals surface area contributed by atoms with Gasteiger partial charge in [-0.15, -0.1) is 0 Å². The van der Waals surface area contributed by atoms with Crippen molar-refractivity contribution >= 4 is 5.91 Å². The number of piperidine rings is 2. The molecular formula is C16H29N3O. The molecule has 2 heterocycles. The molecule has 2 saturated heterocycles. The average Bonchev–Trinajstić information content (AvgIpc) is 2.47. The first kappa shape index (κ1) is 14.3. The third kappa shape index (κ3) is 3.17. The Bertz CT molecular complexity index is 340. The Morgan fingerprint density at radius 1 is 1.00 bits per heavy atom. The molecule has 0 aromatic carbocycles. The van der Waals surface area contributed by atoms with Crippen molar-refractivity contribution in [3.8, 4) is 0 Å². The van der Waals surface area contributed by atoms with E-state index >= 15 is 0 Å². The van der Waals surface area contributed by atoms with Crippen molar-refractivity contribution in [2.75, 3.05) is 26.2 Å². The molecule has 0 aromatic heterocycles. The van der Waals surface area contributed by atoms with Crippen LogP contribution in [-0.2, 0) is 4.79 Å². The fourth-order valence-electron chi connectivity index (χ4n) is 3.98. The van der Waals surface area contributed by atoms with Gasteiger partial charge in [0.2, 0.25) is 5.91 Å². The molecule has 3 fully saturated rings. The number of nitrogens with two attached hydrogens (primary N) is 1. The zero-order valence-corrected chi connectivity index (χ0v) is 12.6. The van der Waals surface area contributed by atoms with Crippen LogP contribution in [0, 0.1) is 0 Å². The third-order valence-electron chi connectivity index (χ3n) is 5.58. The molecule has 4 heteroatoms. The lowest BCUT2D eigenvalue weighted by Gasteiger charge is -2.42. The van der Waals surface area contributed by atoms with E-state index in [1.807, 2.05) is 0 Å². The first-order valence-corrected chi connectivity index (χ1v) is 8.47. The van der Waals surface area contributed by atoms with Crippen molar-refractivity contribution in [3.63, 3.8) is 0 Å². The summed E-state index contributed by atoms with van der Waals surface area (Å²) in [5.41, 5.74) is 6.03. The zero-order chi connectivity index (χ0) is 14.0. The molecule has 0 atom stereocenters. The van der Waals surface area contributed by atoms with E-state index in [2.05, 4.69) is 9.80 Å². The second-order valence-corrected chi connectivity index (χ2v) is 7.10. The van der Waals surface area contributed by atoms with Crippen LogP contribution in [0.15, 0.2) is 0 Å². The van der Waals surface area contributed by atoms with E-state index in [0.29, 0.717) is 12.3 Å². The number of nitrogens with zero attached hydrogens (tertiary/aromatic N) is 2. The van der Waals surface area contributed by atoms with Gasteiger partial charge >= 0.3 is 0 Å². The molecule has 0 unspecified atom stereocenters. The summed E-state index contributed by atoms with van der Waals surface area (Å²) in [5, 5.41) is 0. The lowest BCUT2D eigenvalue weighted by molar-refractivity contribution is -0.134. The van der Waals surface area contributed by atoms with Gasteiger partial charge < -0.3 is 15.5 Å². The summed E-state index contributed by atoms with van der Waals surface area (Å²) < 4.78 is 0. The highest BCUT2D eigenvalue weighted by Crippen LogP contribution is 2.33. The van der Waals surface area contributed by atoms with Crippen LogP contribution in [0.1, 0.15) is 57.8 Å². The Labute approximate surface area is 122 Å². The summed E-state index contributed by atoms with van der Waals surface area (Å²) in [4.78, 5) is 17.0. The van der Waals surface area contributed by atoms with E-state index in [4.69, 9.17) is 5.73 Å². The van der Waals surface area contributed by atoms with Crippen LogP contribution >= 0.6 is 0 Å². The summed E-state index contributed by atoms with van der Waals surface area (Å²) >= 11 is 0. The van der Waals surface area contributed by atoms with Crippen molar-refractivity contribution in [3.05, 3.63) is 0 Å². The van der Waals surface area contributed by atoms with Crippen LogP contribution in [0.4, 0.5) is 0 Å². The minimum absolute atomic E-state index is 0.166. The number of amides is 1. The van der Waals surface area contributed by atoms with Crippen LogP contribution in [0.2, 0.25) is 0 Å². The summed E-state index contributed by atoms with van der Waals surface area (Å²) in [7, 11) is 0. The minimum Gasteiger partial charge on any atom is -0.343 e. The summed E-state index contributed by atoms with van der Waals surface area (Å²) in [5.74, 6) is 0.296. The summed E-state index contributed by atoms with van der Waals surface area (Å²) in [6, 6.07) is 0.717. The molecule has 1 saturated carbocycles. The lowest BCUT2D eigenvalue weighted by Crippen LogP contribution is -2.53. The molecule has 0 aromatic rings. The molecule has 20 heavy (non-hydrogen) atoms. The SMILES string of the molecule is NC1(CC(=O)N2CCC(N3CCCCC3)CC2)CCC1. The number of hydrogen-bond donors (Lipinski definition) is 1. The van der Waals surface area contributed by atoms with Gasteiger partial charge in [-0.1, -0.05) is 6.42 Å². The van der Waals surface area contributed by atoms with Gasteiger partial charge in [-0.25, -0.2) is 0 Å². The molecule has 0 bridgehead atoms. The van der Waals surface area contributed by atoms with Crippen molar-refractivity contribution in [2.24, 2.45) is 5.73 Å². The molecule has 114 valence electrons. The highest BCUT2D eigenvalue weighted by atomic mass is 16.2. The standard InChI is InChI=1S/C16H29N3O/c17-16(7-4-8-16)13-15(20)19-11-5-14(6-12-19)18-9-2-1-3-10-18/h14H,1-13,17H2. The number of likely N-dealkylation sites (tertiary alicyclic amines) is 2. The summed E-state index contributed by atoms with van der Waals surface area (Å²) in [6.07, 6.45) is 10.2. The smallest absolute Gasteiger partial charge is 0.224 e. The largest absolute Gasteiger partial charge is 0.343 e. The van der Waals surface area contributed by atoms with Gasteiger partial charge in [0.15, 0.2) is 0 Å². The number of carbonyl (C=O) groups is 1. The van der Waals surface area contributed by atoms with E-state index < -0.39 is 0 Å². The number of hydrogen-bond acceptors (Lipinski definition) is 3. The van der Waals surface area contributed by atoms with E-state index in [1.165, 1.54) is 38.8 Å². The van der Waals surface area contributed by atoms with Gasteiger partial charge in [-0.3, -0.25) is 4.79 Å². The quantitative estimate of drug-likeness (QED) is 0.856. The first-order valence-electron chi connectivity index (χ1n) is 8.47. The molecular weight excluding hydrogens is 250 g/mol. The normalized spacial score (nSPS) is 28.1. The van der Waals surface area contributed by atoms with Crippen LogP contribution in [0.3, 0.4) is 0 Å². The van der Waals surface area contributed by atoms with E-state index in [0.717, 1.165) is 44.8 Å². The molecule has 0 spiro atoms. The fourth-order valence-corrected chi connectivity index (χ4v) is 3.98. The second kappa shape index (κ2) is 6.02. The Hall–Kier alpha value is -0.610. The number of carbonyl (C=O) groups excluding carboxylic acids is 1. The van der Waals surface area contributed by atoms with Gasteiger partial charge in [0.25, 0.3) is 0 Å². The highest BCUT2D eigenvalue weighted by Gasteiger charge is 2.37. The summed E-state index contributed by atoms with van der Waals surface area (Å²) in [6.45, 7) is 4.42. The van der Waals surface area contributed by atoms with Crippen molar-refractivity contribution in [2.45, 2.75) is 69.4 Å². The van der Waals surface area contributed by atoms with Gasteiger partial charge in [-0.2, -0.15) is 0 Å². The number of rotatable bonds is 3. The maximum atomic E-state index is 12.3. The van der Waals surface area contributed by atoms with Crippen LogP contribution in [0.5, 0.6) is 0 Å². The van der Waals surface area contributed by atoms with E-state index in [-0.39, 0.29) is 5.54 Å². The van der Waals surface area contributed by atoms with Gasteiger partial charge in [0.1, 0.15) is 0 Å². The molecule has 2 aliphatic heterocycles. The molecule has 2 N–H and O–H groups in total. The Kier molecular flexibility index (Phi) is 4.32. The Morgan fingerprint density at radius 2 is 1.65 bits per heavy atom. The van der Waals surface area contributed by atoms with Crippen LogP contribution in [-0.4, -0.2) is 53.5 Å². The Morgan fingerprint density at radius 3 is 2.20 bits per heavy atom. The Balaban J connectivity index is 1.44. The molecule has 3 rings (SSSR count).